The lowest BCUT2D eigenvalue weighted by Gasteiger charge is -2.31. The molecule has 10 nitrogen and oxygen atoms in total. The van der Waals surface area contributed by atoms with E-state index in [1.54, 1.807) is 50.4 Å². The van der Waals surface area contributed by atoms with E-state index in [-0.39, 0.29) is 29.3 Å². The minimum absolute atomic E-state index is 0.105. The van der Waals surface area contributed by atoms with Gasteiger partial charge in [-0.05, 0) is 72.0 Å². The van der Waals surface area contributed by atoms with Crippen molar-refractivity contribution in [3.05, 3.63) is 104 Å². The number of imide groups is 1. The first-order chi connectivity index (χ1) is 22.9. The van der Waals surface area contributed by atoms with Crippen LogP contribution in [0.2, 0.25) is 0 Å². The van der Waals surface area contributed by atoms with Gasteiger partial charge < -0.3 is 14.8 Å². The van der Waals surface area contributed by atoms with Crippen molar-refractivity contribution in [3.8, 4) is 5.75 Å². The summed E-state index contributed by atoms with van der Waals surface area (Å²) in [6.07, 6.45) is 0. The first-order valence-corrected chi connectivity index (χ1v) is 17.2. The molecular formula is C36H35N3O7S2. The Morgan fingerprint density at radius 3 is 2.17 bits per heavy atom. The Morgan fingerprint density at radius 1 is 0.896 bits per heavy atom. The summed E-state index contributed by atoms with van der Waals surface area (Å²) >= 11 is 2.15. The van der Waals surface area contributed by atoms with Gasteiger partial charge in [0.25, 0.3) is 0 Å². The molecule has 1 aromatic heterocycles. The van der Waals surface area contributed by atoms with Gasteiger partial charge >= 0.3 is 10.8 Å². The maximum Gasteiger partial charge on any atom is 0.338 e. The molecule has 48 heavy (non-hydrogen) atoms. The molecule has 2 aliphatic rings. The number of hydrogen-bond acceptors (Lipinski definition) is 9. The minimum Gasteiger partial charge on any atom is -0.497 e. The van der Waals surface area contributed by atoms with Crippen molar-refractivity contribution in [2.75, 3.05) is 23.9 Å². The van der Waals surface area contributed by atoms with Gasteiger partial charge in [-0.25, -0.2) is 9.69 Å². The molecule has 1 N–H and O–H groups in total. The van der Waals surface area contributed by atoms with Gasteiger partial charge in [0.05, 0.1) is 35.9 Å². The van der Waals surface area contributed by atoms with E-state index in [1.165, 1.54) is 21.6 Å². The number of rotatable bonds is 8. The molecule has 6 rings (SSSR count). The summed E-state index contributed by atoms with van der Waals surface area (Å²) in [4.78, 5) is 68.7. The number of nitrogens with zero attached hydrogens (tertiary/aromatic N) is 2. The fraction of sp³-hybridized carbons (Fsp3) is 0.306. The number of nitrogens with one attached hydrogen (secondary N) is 1. The number of benzene rings is 3. The summed E-state index contributed by atoms with van der Waals surface area (Å²) in [5.41, 5.74) is 2.99. The second kappa shape index (κ2) is 13.1. The van der Waals surface area contributed by atoms with E-state index in [0.29, 0.717) is 32.6 Å². The second-order valence-corrected chi connectivity index (χ2v) is 14.7. The van der Waals surface area contributed by atoms with E-state index >= 15 is 0 Å². The predicted molar refractivity (Wildman–Crippen MR) is 185 cm³/mol. The molecule has 248 valence electrons. The number of aromatic nitrogens is 1. The summed E-state index contributed by atoms with van der Waals surface area (Å²) in [7, 11) is 1.55. The second-order valence-electron chi connectivity index (χ2n) is 12.6. The van der Waals surface area contributed by atoms with E-state index in [0.717, 1.165) is 34.2 Å². The van der Waals surface area contributed by atoms with Crippen LogP contribution in [0.15, 0.2) is 82.6 Å². The van der Waals surface area contributed by atoms with Crippen LogP contribution < -0.4 is 19.8 Å². The molecular weight excluding hydrogens is 651 g/mol. The van der Waals surface area contributed by atoms with Gasteiger partial charge in [0, 0.05) is 16.5 Å². The lowest BCUT2D eigenvalue weighted by atomic mass is 9.81. The summed E-state index contributed by atoms with van der Waals surface area (Å²) in [5.74, 6) is -2.46. The summed E-state index contributed by atoms with van der Waals surface area (Å²) < 4.78 is 11.7. The normalized spacial score (nSPS) is 18.7. The minimum atomic E-state index is -0.841. The van der Waals surface area contributed by atoms with Crippen LogP contribution in [0.4, 0.5) is 11.4 Å². The van der Waals surface area contributed by atoms with E-state index in [9.17, 15) is 24.0 Å². The summed E-state index contributed by atoms with van der Waals surface area (Å²) in [6, 6.07) is 21.0. The molecule has 2 unspecified atom stereocenters. The number of carbonyl (C=O) groups is 4. The molecule has 4 aromatic rings. The highest BCUT2D eigenvalue weighted by atomic mass is 32.2. The Hall–Kier alpha value is -4.68. The molecule has 3 heterocycles. The van der Waals surface area contributed by atoms with Crippen molar-refractivity contribution >= 4 is 58.2 Å². The molecule has 0 radical (unpaired) electrons. The van der Waals surface area contributed by atoms with Crippen molar-refractivity contribution in [1.82, 2.24) is 4.57 Å². The summed E-state index contributed by atoms with van der Waals surface area (Å²) in [6.45, 7) is 8.01. The zero-order chi connectivity index (χ0) is 34.3. The first kappa shape index (κ1) is 33.2. The Morgan fingerprint density at radius 2 is 1.56 bits per heavy atom. The molecule has 0 aliphatic carbocycles. The lowest BCUT2D eigenvalue weighted by Crippen LogP contribution is -2.33. The monoisotopic (exact) mass is 685 g/mol. The number of thiazole rings is 1. The number of ether oxygens (including phenoxy) is 2. The smallest absolute Gasteiger partial charge is 0.338 e. The molecule has 12 heteroatoms. The maximum absolute atomic E-state index is 14.3. The summed E-state index contributed by atoms with van der Waals surface area (Å²) in [5, 5.41) is 2.48. The Labute approximate surface area is 286 Å². The highest BCUT2D eigenvalue weighted by Gasteiger charge is 2.56. The number of thioether (sulfide) groups is 1. The first-order valence-electron chi connectivity index (χ1n) is 15.5. The highest BCUT2D eigenvalue weighted by molar-refractivity contribution is 8.00. The predicted octanol–water partition coefficient (Wildman–Crippen LogP) is 5.83. The third-order valence-electron chi connectivity index (χ3n) is 8.50. The SMILES string of the molecule is CCOC(=O)c1ccc(N2C(=O)C3Sc4c(sc(=O)n4CC(=O)Nc4ccc(OC)cc4)[C@H](c4ccc(C(C)(C)C)cc4)C3C2=O)cc1. The van der Waals surface area contributed by atoms with Crippen molar-refractivity contribution in [1.29, 1.82) is 0 Å². The van der Waals surface area contributed by atoms with E-state index in [1.807, 2.05) is 24.3 Å². The average molecular weight is 686 g/mol. The quantitative estimate of drug-likeness (QED) is 0.182. The van der Waals surface area contributed by atoms with Crippen LogP contribution in [0.1, 0.15) is 60.0 Å². The zero-order valence-corrected chi connectivity index (χ0v) is 28.8. The molecule has 0 saturated carbocycles. The highest BCUT2D eigenvalue weighted by Crippen LogP contribution is 2.54. The Balaban J connectivity index is 1.37. The van der Waals surface area contributed by atoms with E-state index in [2.05, 4.69) is 26.1 Å². The number of esters is 1. The number of methoxy groups -OCH3 is 1. The molecule has 1 fully saturated rings. The van der Waals surface area contributed by atoms with Gasteiger partial charge in [0.2, 0.25) is 17.7 Å². The fourth-order valence-electron chi connectivity index (χ4n) is 6.04. The molecule has 3 amide bonds. The Kier molecular flexibility index (Phi) is 9.06. The van der Waals surface area contributed by atoms with Crippen LogP contribution >= 0.6 is 23.1 Å². The van der Waals surface area contributed by atoms with E-state index < -0.39 is 34.9 Å². The molecule has 3 aromatic carbocycles. The van der Waals surface area contributed by atoms with E-state index in [4.69, 9.17) is 9.47 Å². The van der Waals surface area contributed by atoms with Gasteiger partial charge in [-0.1, -0.05) is 68.1 Å². The van der Waals surface area contributed by atoms with Gasteiger partial charge in [-0.2, -0.15) is 0 Å². The molecule has 0 bridgehead atoms. The molecule has 1 saturated heterocycles. The molecule has 2 aliphatic heterocycles. The largest absolute Gasteiger partial charge is 0.497 e. The number of anilines is 2. The fourth-order valence-corrected chi connectivity index (χ4v) is 8.81. The lowest BCUT2D eigenvalue weighted by molar-refractivity contribution is -0.122. The van der Waals surface area contributed by atoms with Crippen LogP contribution in [0, 0.1) is 5.92 Å². The van der Waals surface area contributed by atoms with Crippen molar-refractivity contribution in [2.45, 2.75) is 55.8 Å². The standard InChI is InChI=1S/C36H35N3O7S2/c1-6-46-34(43)21-9-15-24(16-10-21)39-31(41)28-27(20-7-11-22(12-8-20)36(2,3)4)30-33(47-29(28)32(39)42)38(35(44)48-30)19-26(40)37-23-13-17-25(45-5)18-14-23/h7-18,27-29H,6,19H2,1-5H3,(H,37,40)/t27-,28?,29?/m1/s1. The number of fused-ring (bicyclic) bond motifs is 2. The molecule has 3 atom stereocenters. The van der Waals surface area contributed by atoms with Crippen LogP contribution in [-0.2, 0) is 31.1 Å². The third-order valence-corrected chi connectivity index (χ3v) is 11.1. The third kappa shape index (κ3) is 6.17. The van der Waals surface area contributed by atoms with Crippen LogP contribution in [0.25, 0.3) is 0 Å². The molecule has 0 spiro atoms. The van der Waals surface area contributed by atoms with Gasteiger partial charge in [-0.15, -0.1) is 0 Å². The van der Waals surface area contributed by atoms with Crippen molar-refractivity contribution < 1.29 is 28.7 Å². The van der Waals surface area contributed by atoms with Crippen LogP contribution in [0.3, 0.4) is 0 Å². The zero-order valence-electron chi connectivity index (χ0n) is 27.1. The van der Waals surface area contributed by atoms with Gasteiger partial charge in [0.15, 0.2) is 0 Å². The van der Waals surface area contributed by atoms with Crippen molar-refractivity contribution in [3.63, 3.8) is 0 Å². The Bertz CT molecular complexity index is 1940. The average Bonchev–Trinajstić information content (AvgIpc) is 3.51. The number of hydrogen-bond donors (Lipinski definition) is 1. The maximum atomic E-state index is 14.3. The van der Waals surface area contributed by atoms with Gasteiger partial charge in [-0.3, -0.25) is 23.7 Å². The van der Waals surface area contributed by atoms with Crippen LogP contribution in [-0.4, -0.2) is 47.2 Å². The van der Waals surface area contributed by atoms with Crippen LogP contribution in [0.5, 0.6) is 5.75 Å². The number of carbonyl (C=O) groups excluding carboxylic acids is 4. The topological polar surface area (TPSA) is 124 Å². The van der Waals surface area contributed by atoms with Crippen molar-refractivity contribution in [2.24, 2.45) is 5.92 Å². The number of amides is 3. The van der Waals surface area contributed by atoms with Gasteiger partial charge in [0.1, 0.15) is 17.5 Å².